The Bertz CT molecular complexity index is 1270. The molecule has 2 aromatic rings. The molecule has 0 bridgehead atoms. The summed E-state index contributed by atoms with van der Waals surface area (Å²) in [6.45, 7) is 3.81. The third-order valence-corrected chi connectivity index (χ3v) is 9.35. The number of rotatable bonds is 9. The van der Waals surface area contributed by atoms with E-state index in [2.05, 4.69) is 10.3 Å². The van der Waals surface area contributed by atoms with Crippen molar-refractivity contribution in [1.29, 1.82) is 0 Å². The number of ketones is 1. The van der Waals surface area contributed by atoms with Crippen molar-refractivity contribution < 1.29 is 31.9 Å². The van der Waals surface area contributed by atoms with Crippen molar-refractivity contribution in [2.75, 3.05) is 32.8 Å². The van der Waals surface area contributed by atoms with Crippen LogP contribution in [0.4, 0.5) is 17.6 Å². The molecular weight excluding hydrogens is 540 g/mol. The van der Waals surface area contributed by atoms with Gasteiger partial charge in [-0.2, -0.15) is 13.2 Å². The molecule has 1 aromatic carbocycles. The second-order valence-corrected chi connectivity index (χ2v) is 11.9. The van der Waals surface area contributed by atoms with Crippen LogP contribution >= 0.6 is 0 Å². The van der Waals surface area contributed by atoms with Crippen LogP contribution in [0.5, 0.6) is 5.75 Å². The Morgan fingerprint density at radius 2 is 1.88 bits per heavy atom. The van der Waals surface area contributed by atoms with E-state index < -0.39 is 40.6 Å². The molecule has 1 amide bonds. The van der Waals surface area contributed by atoms with Gasteiger partial charge in [0, 0.05) is 12.1 Å². The number of carbonyl (C=O) groups is 2. The van der Waals surface area contributed by atoms with E-state index in [0.717, 1.165) is 12.8 Å². The molecule has 5 rings (SSSR count). The number of pyridine rings is 1. The quantitative estimate of drug-likeness (QED) is 0.331. The normalized spacial score (nSPS) is 25.0. The van der Waals surface area contributed by atoms with Crippen LogP contribution in [0, 0.1) is 23.1 Å². The predicted molar refractivity (Wildman–Crippen MR) is 145 cm³/mol. The SMILES string of the molecule is CC1(C(N)=O)NCCC1C(=O)c1ccc(-c2ccc(OCC3CCN(CC4(C(F)(F)F)CCC4)CC3)cn2)cc1F. The van der Waals surface area contributed by atoms with Gasteiger partial charge in [0.25, 0.3) is 0 Å². The number of alkyl halides is 3. The maximum absolute atomic E-state index is 15.0. The zero-order valence-corrected chi connectivity index (χ0v) is 23.1. The van der Waals surface area contributed by atoms with Gasteiger partial charge in [0.05, 0.1) is 35.4 Å². The maximum atomic E-state index is 15.0. The van der Waals surface area contributed by atoms with Gasteiger partial charge in [0.15, 0.2) is 5.78 Å². The number of Topliss-reactive ketones (excluding diaryl/α,β-unsaturated/α-hetero) is 1. The van der Waals surface area contributed by atoms with E-state index in [1.807, 2.05) is 4.90 Å². The van der Waals surface area contributed by atoms with E-state index in [1.165, 1.54) is 12.1 Å². The summed E-state index contributed by atoms with van der Waals surface area (Å²) in [6, 6.07) is 7.71. The van der Waals surface area contributed by atoms with Crippen molar-refractivity contribution in [3.63, 3.8) is 0 Å². The molecule has 11 heteroatoms. The topological polar surface area (TPSA) is 97.5 Å². The number of hydrogen-bond acceptors (Lipinski definition) is 6. The van der Waals surface area contributed by atoms with Crippen LogP contribution in [0.3, 0.4) is 0 Å². The highest BCUT2D eigenvalue weighted by Gasteiger charge is 2.58. The van der Waals surface area contributed by atoms with Crippen LogP contribution < -0.4 is 15.8 Å². The number of ether oxygens (including phenoxy) is 1. The summed E-state index contributed by atoms with van der Waals surface area (Å²) >= 11 is 0. The van der Waals surface area contributed by atoms with Gasteiger partial charge in [-0.3, -0.25) is 14.6 Å². The van der Waals surface area contributed by atoms with E-state index in [9.17, 15) is 22.8 Å². The Hall–Kier alpha value is -3.05. The zero-order valence-electron chi connectivity index (χ0n) is 23.1. The molecule has 41 heavy (non-hydrogen) atoms. The first-order valence-corrected chi connectivity index (χ1v) is 14.2. The van der Waals surface area contributed by atoms with Crippen molar-refractivity contribution in [2.24, 2.45) is 23.0 Å². The van der Waals surface area contributed by atoms with E-state index in [0.29, 0.717) is 56.1 Å². The number of carbonyl (C=O) groups excluding carboxylic acids is 2. The fourth-order valence-corrected chi connectivity index (χ4v) is 6.33. The summed E-state index contributed by atoms with van der Waals surface area (Å²) in [5.74, 6) is -1.76. The lowest BCUT2D eigenvalue weighted by Crippen LogP contribution is -2.55. The number of benzene rings is 1. The Kier molecular flexibility index (Phi) is 8.13. The van der Waals surface area contributed by atoms with Gasteiger partial charge in [-0.25, -0.2) is 4.39 Å². The lowest BCUT2D eigenvalue weighted by atomic mass is 9.67. The summed E-state index contributed by atoms with van der Waals surface area (Å²) in [7, 11) is 0. The van der Waals surface area contributed by atoms with Crippen molar-refractivity contribution in [3.8, 4) is 17.0 Å². The number of nitrogens with two attached hydrogens (primary N) is 1. The summed E-state index contributed by atoms with van der Waals surface area (Å²) in [6.07, 6.45) is 0.453. The molecule has 3 aliphatic rings. The Labute approximate surface area is 236 Å². The first-order chi connectivity index (χ1) is 19.4. The molecule has 0 spiro atoms. The third kappa shape index (κ3) is 5.83. The number of amides is 1. The molecule has 3 N–H and O–H groups in total. The highest BCUT2D eigenvalue weighted by molar-refractivity contribution is 6.03. The second-order valence-electron chi connectivity index (χ2n) is 11.9. The number of nitrogens with zero attached hydrogens (tertiary/aromatic N) is 2. The number of hydrogen-bond donors (Lipinski definition) is 2. The minimum atomic E-state index is -4.14. The molecule has 1 aliphatic carbocycles. The standard InChI is InChI=1S/C30H36F4N4O3/c1-28(27(35)40)23(7-12-37-28)26(39)22-5-3-20(15-24(22)31)25-6-4-21(16-36-25)41-17-19-8-13-38(14-9-19)18-29(10-2-11-29)30(32,33)34/h3-6,15-16,19,23,37H,2,7-14,17-18H2,1H3,(H2,35,40). The first kappa shape index (κ1) is 29.4. The molecule has 1 aromatic heterocycles. The van der Waals surface area contributed by atoms with Crippen LogP contribution in [-0.2, 0) is 4.79 Å². The number of likely N-dealkylation sites (tertiary alicyclic amines) is 1. The molecule has 7 nitrogen and oxygen atoms in total. The van der Waals surface area contributed by atoms with E-state index in [-0.39, 0.29) is 30.9 Å². The number of primary amides is 1. The lowest BCUT2D eigenvalue weighted by molar-refractivity contribution is -0.256. The monoisotopic (exact) mass is 576 g/mol. The average Bonchev–Trinajstić information content (AvgIpc) is 3.32. The Morgan fingerprint density at radius 3 is 2.44 bits per heavy atom. The largest absolute Gasteiger partial charge is 0.492 e. The van der Waals surface area contributed by atoms with Crippen LogP contribution in [0.2, 0.25) is 0 Å². The summed E-state index contributed by atoms with van der Waals surface area (Å²) < 4.78 is 61.5. The van der Waals surface area contributed by atoms with Crippen molar-refractivity contribution in [2.45, 2.75) is 57.2 Å². The molecule has 2 atom stereocenters. The van der Waals surface area contributed by atoms with Crippen LogP contribution in [-0.4, -0.2) is 66.1 Å². The smallest absolute Gasteiger partial charge is 0.395 e. The first-order valence-electron chi connectivity index (χ1n) is 14.2. The molecule has 0 radical (unpaired) electrons. The van der Waals surface area contributed by atoms with Crippen molar-refractivity contribution in [1.82, 2.24) is 15.2 Å². The van der Waals surface area contributed by atoms with Gasteiger partial charge >= 0.3 is 6.18 Å². The van der Waals surface area contributed by atoms with Gasteiger partial charge in [-0.1, -0.05) is 12.5 Å². The zero-order chi connectivity index (χ0) is 29.4. The average molecular weight is 577 g/mol. The van der Waals surface area contributed by atoms with Gasteiger partial charge in [0.1, 0.15) is 17.1 Å². The van der Waals surface area contributed by atoms with E-state index in [1.54, 1.807) is 31.3 Å². The molecule has 2 saturated heterocycles. The molecule has 3 heterocycles. The van der Waals surface area contributed by atoms with Gasteiger partial charge in [0.2, 0.25) is 5.91 Å². The maximum Gasteiger partial charge on any atom is 0.395 e. The van der Waals surface area contributed by atoms with Crippen LogP contribution in [0.25, 0.3) is 11.3 Å². The van der Waals surface area contributed by atoms with E-state index in [4.69, 9.17) is 10.5 Å². The summed E-state index contributed by atoms with van der Waals surface area (Å²) in [4.78, 5) is 31.3. The minimum absolute atomic E-state index is 0.0930. The molecular formula is C30H36F4N4O3. The molecule has 3 fully saturated rings. The van der Waals surface area contributed by atoms with Crippen LogP contribution in [0.15, 0.2) is 36.5 Å². The Morgan fingerprint density at radius 1 is 1.15 bits per heavy atom. The Balaban J connectivity index is 1.13. The number of aromatic nitrogens is 1. The van der Waals surface area contributed by atoms with Gasteiger partial charge in [-0.05, 0) is 88.8 Å². The third-order valence-electron chi connectivity index (χ3n) is 9.35. The molecule has 222 valence electrons. The van der Waals surface area contributed by atoms with Crippen LogP contribution in [0.1, 0.15) is 55.8 Å². The second kappa shape index (κ2) is 11.3. The highest BCUT2D eigenvalue weighted by Crippen LogP contribution is 2.53. The van der Waals surface area contributed by atoms with Gasteiger partial charge in [-0.15, -0.1) is 0 Å². The molecule has 2 unspecified atom stereocenters. The fraction of sp³-hybridized carbons (Fsp3) is 0.567. The van der Waals surface area contributed by atoms with Crippen molar-refractivity contribution in [3.05, 3.63) is 47.9 Å². The predicted octanol–water partition coefficient (Wildman–Crippen LogP) is 4.75. The van der Waals surface area contributed by atoms with E-state index >= 15 is 4.39 Å². The highest BCUT2D eigenvalue weighted by atomic mass is 19.4. The lowest BCUT2D eigenvalue weighted by Gasteiger charge is -2.47. The summed E-state index contributed by atoms with van der Waals surface area (Å²) in [5, 5.41) is 2.97. The summed E-state index contributed by atoms with van der Waals surface area (Å²) in [5.41, 5.74) is 3.65. The number of halogens is 4. The fourth-order valence-electron chi connectivity index (χ4n) is 6.33. The molecule has 1 saturated carbocycles. The van der Waals surface area contributed by atoms with Gasteiger partial charge < -0.3 is 20.7 Å². The number of nitrogens with one attached hydrogen (secondary N) is 1. The minimum Gasteiger partial charge on any atom is -0.492 e. The van der Waals surface area contributed by atoms with Crippen molar-refractivity contribution >= 4 is 11.7 Å². The molecule has 2 aliphatic heterocycles. The number of piperidine rings is 1.